The van der Waals surface area contributed by atoms with Crippen LogP contribution in [0.3, 0.4) is 0 Å². The van der Waals surface area contributed by atoms with Crippen LogP contribution in [0.1, 0.15) is 51.3 Å². The van der Waals surface area contributed by atoms with Crippen molar-refractivity contribution in [1.82, 2.24) is 0 Å². The van der Waals surface area contributed by atoms with Crippen molar-refractivity contribution in [2.45, 2.75) is 46.5 Å². The summed E-state index contributed by atoms with van der Waals surface area (Å²) in [4.78, 5) is 8.33. The van der Waals surface area contributed by atoms with Gasteiger partial charge in [0.2, 0.25) is 9.03 Å². The predicted molar refractivity (Wildman–Crippen MR) is 216 cm³/mol. The molecule has 2 unspecified atom stereocenters. The molecule has 51 heavy (non-hydrogen) atoms. The lowest BCUT2D eigenvalue weighted by molar-refractivity contribution is 0.474. The highest BCUT2D eigenvalue weighted by Gasteiger charge is 2.23. The third kappa shape index (κ3) is 17.1. The fourth-order valence-electron chi connectivity index (χ4n) is 4.27. The van der Waals surface area contributed by atoms with E-state index in [1.807, 2.05) is 98.8 Å². The molecule has 0 aliphatic carbocycles. The Bertz CT molecular complexity index is 1690. The Kier molecular flexibility index (Phi) is 20.9. The van der Waals surface area contributed by atoms with Gasteiger partial charge in [0.15, 0.2) is 0 Å². The number of hydrogen-bond acceptors (Lipinski definition) is 6. The van der Waals surface area contributed by atoms with Crippen molar-refractivity contribution in [2.75, 3.05) is 0 Å². The molecule has 0 aliphatic rings. The summed E-state index contributed by atoms with van der Waals surface area (Å²) >= 11 is 0. The lowest BCUT2D eigenvalue weighted by atomic mass is 9.78. The molecule has 0 saturated carbocycles. The zero-order valence-electron chi connectivity index (χ0n) is 29.9. The third-order valence-corrected chi connectivity index (χ3v) is 8.11. The van der Waals surface area contributed by atoms with Crippen LogP contribution in [0.25, 0.3) is 0 Å². The van der Waals surface area contributed by atoms with E-state index in [1.54, 1.807) is 48.5 Å². The van der Waals surface area contributed by atoms with Crippen LogP contribution in [0.5, 0.6) is 28.7 Å². The summed E-state index contributed by atoms with van der Waals surface area (Å²) in [5, 5.41) is 18.1. The number of rotatable bonds is 9. The molecule has 8 heteroatoms. The van der Waals surface area contributed by atoms with Gasteiger partial charge in [0.25, 0.3) is 9.03 Å². The molecule has 0 radical (unpaired) electrons. The highest BCUT2D eigenvalue weighted by atomic mass is 31.1. The van der Waals surface area contributed by atoms with Crippen molar-refractivity contribution in [1.29, 1.82) is 0 Å². The van der Waals surface area contributed by atoms with Gasteiger partial charge in [-0.15, -0.1) is 0 Å². The molecule has 0 fully saturated rings. The van der Waals surface area contributed by atoms with Crippen molar-refractivity contribution < 1.29 is 28.7 Å². The van der Waals surface area contributed by atoms with Gasteiger partial charge in [-0.3, -0.25) is 0 Å². The first-order chi connectivity index (χ1) is 24.8. The van der Waals surface area contributed by atoms with Crippen molar-refractivity contribution >= 4 is 18.1 Å². The van der Waals surface area contributed by atoms with Crippen molar-refractivity contribution in [3.8, 4) is 28.7 Å². The van der Waals surface area contributed by atoms with Crippen LogP contribution in [0.2, 0.25) is 0 Å². The van der Waals surface area contributed by atoms with Gasteiger partial charge in [-0.1, -0.05) is 144 Å². The third-order valence-electron chi connectivity index (χ3n) is 7.14. The molecule has 3 N–H and O–H groups in total. The van der Waals surface area contributed by atoms with Crippen LogP contribution >= 0.6 is 18.1 Å². The van der Waals surface area contributed by atoms with Gasteiger partial charge in [-0.05, 0) is 83.8 Å². The summed E-state index contributed by atoms with van der Waals surface area (Å²) in [6.07, 6.45) is 1.14. The van der Waals surface area contributed by atoms with Gasteiger partial charge >= 0.3 is 0 Å². The molecule has 0 heterocycles. The maximum Gasteiger partial charge on any atom is 0.275 e. The molecule has 0 bridgehead atoms. The maximum atomic E-state index is 9.47. The Hall–Kier alpha value is -4.86. The fourth-order valence-corrected chi connectivity index (χ4v) is 5.02. The summed E-state index contributed by atoms with van der Waals surface area (Å²) < 4.78 is 16.0. The normalized spacial score (nSPS) is 10.2. The second-order valence-corrected chi connectivity index (χ2v) is 11.9. The van der Waals surface area contributed by atoms with Gasteiger partial charge in [0.05, 0.1) is 0 Å². The van der Waals surface area contributed by atoms with Gasteiger partial charge in [-0.2, -0.15) is 0 Å². The largest absolute Gasteiger partial charge is 0.508 e. The van der Waals surface area contributed by atoms with Crippen LogP contribution in [0.4, 0.5) is 0 Å². The highest BCUT2D eigenvalue weighted by molar-refractivity contribution is 7.27. The Labute approximate surface area is 307 Å². The van der Waals surface area contributed by atoms with Crippen LogP contribution in [-0.4, -0.2) is 15.1 Å². The molecule has 6 rings (SSSR count). The number of aromatic hydroxyl groups is 2. The summed E-state index contributed by atoms with van der Waals surface area (Å²) in [7, 11) is -0.551. The Morgan fingerprint density at radius 1 is 0.471 bits per heavy atom. The molecular formula is C43H50O6P2. The SMILES string of the molecule is CC.CC(C)(c1ccc(O)cc1)c1ccc(OPOc2ccccc2)cc1.CCc1ccccc1.OPOc1ccccc1.Oc1ccccc1. The zero-order valence-corrected chi connectivity index (χ0v) is 31.9. The van der Waals surface area contributed by atoms with E-state index >= 15 is 0 Å². The van der Waals surface area contributed by atoms with Crippen molar-refractivity contribution in [3.05, 3.63) is 187 Å². The molecule has 6 aromatic rings. The summed E-state index contributed by atoms with van der Waals surface area (Å²) in [5.41, 5.74) is 3.58. The van der Waals surface area contributed by atoms with Crippen molar-refractivity contribution in [2.24, 2.45) is 0 Å². The molecule has 6 nitrogen and oxygen atoms in total. The van der Waals surface area contributed by atoms with Crippen LogP contribution < -0.4 is 13.6 Å². The van der Waals surface area contributed by atoms with E-state index < -0.39 is 9.03 Å². The first-order valence-electron chi connectivity index (χ1n) is 16.7. The van der Waals surface area contributed by atoms with E-state index in [4.69, 9.17) is 23.6 Å². The standard InChI is InChI=1S/C21H21O3P.C8H10.C6H7O2P.C6H6O.C2H6/c1-21(2,16-8-12-18(22)13-9-16)17-10-14-20(15-11-17)24-25-23-19-6-4-3-5-7-19;1-2-8-6-4-3-5-7-8;7-9-8-6-4-2-1-3-5-6;7-6-4-2-1-3-5-6;1-2/h3-15,22,25H,1-2H3;3-7H,2H2,1H3;1-5,7,9H;1-5,7H;1-2H3. The van der Waals surface area contributed by atoms with E-state index in [-0.39, 0.29) is 20.2 Å². The number of benzene rings is 6. The van der Waals surface area contributed by atoms with E-state index in [0.29, 0.717) is 11.5 Å². The van der Waals surface area contributed by atoms with Crippen molar-refractivity contribution in [3.63, 3.8) is 0 Å². The first kappa shape index (κ1) is 42.3. The minimum atomic E-state index is -0.465. The number of para-hydroxylation sites is 3. The predicted octanol–water partition coefficient (Wildman–Crippen LogP) is 11.9. The van der Waals surface area contributed by atoms with Crippen LogP contribution in [0.15, 0.2) is 170 Å². The number of phenolic OH excluding ortho intramolecular Hbond substituents is 2. The first-order valence-corrected chi connectivity index (χ1v) is 18.4. The second-order valence-electron chi connectivity index (χ2n) is 11.0. The molecule has 0 saturated heterocycles. The number of hydrogen-bond donors (Lipinski definition) is 3. The Morgan fingerprint density at radius 2 is 0.824 bits per heavy atom. The minimum Gasteiger partial charge on any atom is -0.508 e. The van der Waals surface area contributed by atoms with Crippen LogP contribution in [0, 0.1) is 0 Å². The molecule has 0 aromatic heterocycles. The summed E-state index contributed by atoms with van der Waals surface area (Å²) in [6, 6.07) is 53.4. The quantitative estimate of drug-likeness (QED) is 0.129. The lowest BCUT2D eigenvalue weighted by Crippen LogP contribution is -2.18. The van der Waals surface area contributed by atoms with Gasteiger partial charge in [-0.25, -0.2) is 0 Å². The maximum absolute atomic E-state index is 9.47. The molecule has 0 amide bonds. The second kappa shape index (κ2) is 25.1. The van der Waals surface area contributed by atoms with Gasteiger partial charge in [0, 0.05) is 5.41 Å². The summed E-state index contributed by atoms with van der Waals surface area (Å²) in [6.45, 7) is 10.5. The van der Waals surface area contributed by atoms with Gasteiger partial charge in [0.1, 0.15) is 28.7 Å². The van der Waals surface area contributed by atoms with E-state index in [2.05, 4.69) is 57.2 Å². The van der Waals surface area contributed by atoms with Crippen LogP contribution in [-0.2, 0) is 11.8 Å². The Morgan fingerprint density at radius 3 is 1.20 bits per heavy atom. The molecule has 0 aliphatic heterocycles. The minimum absolute atomic E-state index is 0.0859. The smallest absolute Gasteiger partial charge is 0.275 e. The van der Waals surface area contributed by atoms with Gasteiger partial charge < -0.3 is 28.7 Å². The van der Waals surface area contributed by atoms with E-state index in [1.165, 1.54) is 11.1 Å². The topological polar surface area (TPSA) is 88.4 Å². The summed E-state index contributed by atoms with van der Waals surface area (Å²) in [5.74, 6) is 2.88. The number of phenols is 2. The zero-order chi connectivity index (χ0) is 37.2. The molecule has 6 aromatic carbocycles. The molecular weight excluding hydrogens is 674 g/mol. The average Bonchev–Trinajstić information content (AvgIpc) is 3.18. The Balaban J connectivity index is 0.000000281. The lowest BCUT2D eigenvalue weighted by Gasteiger charge is -2.26. The van der Waals surface area contributed by atoms with E-state index in [0.717, 1.165) is 23.5 Å². The fraction of sp³-hybridized carbons (Fsp3) is 0.163. The number of aryl methyl sites for hydroxylation is 1. The molecule has 0 spiro atoms. The monoisotopic (exact) mass is 724 g/mol. The average molecular weight is 725 g/mol. The van der Waals surface area contributed by atoms with E-state index in [9.17, 15) is 5.11 Å². The molecule has 268 valence electrons. The highest BCUT2D eigenvalue weighted by Crippen LogP contribution is 2.34. The molecule has 2 atom stereocenters.